The predicted octanol–water partition coefficient (Wildman–Crippen LogP) is 3.28. The smallest absolute Gasteiger partial charge is 0.265 e. The van der Waals surface area contributed by atoms with Crippen LogP contribution in [-0.2, 0) is 10.2 Å². The van der Waals surface area contributed by atoms with Crippen molar-refractivity contribution in [1.82, 2.24) is 13.3 Å². The number of hydrogen-bond donors (Lipinski definition) is 0. The molecule has 0 unspecified atom stereocenters. The van der Waals surface area contributed by atoms with Crippen molar-refractivity contribution in [2.45, 2.75) is 19.3 Å². The summed E-state index contributed by atoms with van der Waals surface area (Å²) in [6.45, 7) is 1.21. The SMILES string of the molecule is O=S(=O)(N1CCCCC1)n1ccc2ccc(-c3ccncc3)cc21. The van der Waals surface area contributed by atoms with Crippen LogP contribution in [0.3, 0.4) is 0 Å². The lowest BCUT2D eigenvalue weighted by Crippen LogP contribution is -2.38. The van der Waals surface area contributed by atoms with Gasteiger partial charge in [0.25, 0.3) is 0 Å². The lowest BCUT2D eigenvalue weighted by molar-refractivity contribution is 0.343. The van der Waals surface area contributed by atoms with Gasteiger partial charge in [-0.25, -0.2) is 3.97 Å². The second-order valence-electron chi connectivity index (χ2n) is 6.09. The molecule has 0 bridgehead atoms. The minimum atomic E-state index is -3.51. The molecule has 5 nitrogen and oxygen atoms in total. The van der Waals surface area contributed by atoms with Gasteiger partial charge in [-0.1, -0.05) is 18.6 Å². The Hall–Kier alpha value is -2.18. The maximum atomic E-state index is 13.0. The molecule has 0 atom stereocenters. The molecule has 0 radical (unpaired) electrons. The second-order valence-corrected chi connectivity index (χ2v) is 7.89. The Labute approximate surface area is 141 Å². The van der Waals surface area contributed by atoms with Crippen molar-refractivity contribution in [2.75, 3.05) is 13.1 Å². The van der Waals surface area contributed by atoms with E-state index in [9.17, 15) is 8.42 Å². The summed E-state index contributed by atoms with van der Waals surface area (Å²) < 4.78 is 29.0. The highest BCUT2D eigenvalue weighted by molar-refractivity contribution is 7.87. The lowest BCUT2D eigenvalue weighted by atomic mass is 10.1. The number of pyridine rings is 1. The van der Waals surface area contributed by atoms with Crippen molar-refractivity contribution in [3.63, 3.8) is 0 Å². The molecule has 1 aliphatic rings. The van der Waals surface area contributed by atoms with E-state index in [2.05, 4.69) is 4.98 Å². The molecule has 1 aromatic carbocycles. The van der Waals surface area contributed by atoms with Gasteiger partial charge in [0.05, 0.1) is 5.52 Å². The van der Waals surface area contributed by atoms with Gasteiger partial charge in [0.2, 0.25) is 0 Å². The highest BCUT2D eigenvalue weighted by atomic mass is 32.2. The maximum Gasteiger partial charge on any atom is 0.307 e. The number of nitrogens with zero attached hydrogens (tertiary/aromatic N) is 3. The van der Waals surface area contributed by atoms with Crippen LogP contribution in [0.25, 0.3) is 22.0 Å². The number of hydrogen-bond acceptors (Lipinski definition) is 3. The number of piperidine rings is 1. The van der Waals surface area contributed by atoms with Crippen LogP contribution in [0.15, 0.2) is 55.0 Å². The predicted molar refractivity (Wildman–Crippen MR) is 94.9 cm³/mol. The van der Waals surface area contributed by atoms with Crippen LogP contribution < -0.4 is 0 Å². The van der Waals surface area contributed by atoms with E-state index in [1.165, 1.54) is 3.97 Å². The fraction of sp³-hybridized carbons (Fsp3) is 0.278. The molecule has 0 amide bonds. The first-order valence-electron chi connectivity index (χ1n) is 8.18. The third-order valence-corrected chi connectivity index (χ3v) is 6.39. The number of aromatic nitrogens is 2. The van der Waals surface area contributed by atoms with Crippen molar-refractivity contribution in [3.8, 4) is 11.1 Å². The largest absolute Gasteiger partial charge is 0.307 e. The molecule has 3 heterocycles. The van der Waals surface area contributed by atoms with Crippen LogP contribution in [0, 0.1) is 0 Å². The van der Waals surface area contributed by atoms with E-state index < -0.39 is 10.2 Å². The Morgan fingerprint density at radius 2 is 1.62 bits per heavy atom. The van der Waals surface area contributed by atoms with E-state index in [0.29, 0.717) is 13.1 Å². The Morgan fingerprint density at radius 1 is 0.875 bits per heavy atom. The van der Waals surface area contributed by atoms with Gasteiger partial charge in [0, 0.05) is 37.1 Å². The molecule has 6 heteroatoms. The molecule has 0 aliphatic carbocycles. The number of fused-ring (bicyclic) bond motifs is 1. The standard InChI is InChI=1S/C18H19N3O2S/c22-24(23,20-11-2-1-3-12-20)21-13-8-16-4-5-17(14-18(16)21)15-6-9-19-10-7-15/h4-10,13-14H,1-3,11-12H2. The summed E-state index contributed by atoms with van der Waals surface area (Å²) in [6.07, 6.45) is 8.10. The highest BCUT2D eigenvalue weighted by Gasteiger charge is 2.26. The monoisotopic (exact) mass is 341 g/mol. The fourth-order valence-electron chi connectivity index (χ4n) is 3.25. The molecule has 1 fully saturated rings. The number of benzene rings is 1. The highest BCUT2D eigenvalue weighted by Crippen LogP contribution is 2.27. The molecule has 1 aliphatic heterocycles. The van der Waals surface area contributed by atoms with Gasteiger partial charge in [0.1, 0.15) is 0 Å². The minimum absolute atomic E-state index is 0.603. The summed E-state index contributed by atoms with van der Waals surface area (Å²) in [5.41, 5.74) is 2.73. The third kappa shape index (κ3) is 2.61. The van der Waals surface area contributed by atoms with E-state index in [0.717, 1.165) is 41.3 Å². The quantitative estimate of drug-likeness (QED) is 0.734. The summed E-state index contributed by atoms with van der Waals surface area (Å²) in [7, 11) is -3.51. The number of rotatable bonds is 3. The van der Waals surface area contributed by atoms with E-state index >= 15 is 0 Å². The van der Waals surface area contributed by atoms with Gasteiger partial charge >= 0.3 is 10.2 Å². The van der Waals surface area contributed by atoms with Gasteiger partial charge in [-0.05, 0) is 48.2 Å². The van der Waals surface area contributed by atoms with E-state index in [1.807, 2.05) is 36.4 Å². The zero-order valence-corrected chi connectivity index (χ0v) is 14.1. The topological polar surface area (TPSA) is 55.2 Å². The van der Waals surface area contributed by atoms with E-state index in [1.54, 1.807) is 22.9 Å². The van der Waals surface area contributed by atoms with E-state index in [4.69, 9.17) is 0 Å². The molecule has 0 saturated carbocycles. The zero-order chi connectivity index (χ0) is 16.6. The van der Waals surface area contributed by atoms with Crippen LogP contribution in [0.1, 0.15) is 19.3 Å². The van der Waals surface area contributed by atoms with Crippen LogP contribution >= 0.6 is 0 Å². The van der Waals surface area contributed by atoms with Crippen LogP contribution in [0.5, 0.6) is 0 Å². The van der Waals surface area contributed by atoms with Crippen LogP contribution in [0.4, 0.5) is 0 Å². The zero-order valence-electron chi connectivity index (χ0n) is 13.3. The molecule has 124 valence electrons. The average molecular weight is 341 g/mol. The first kappa shape index (κ1) is 15.4. The summed E-state index contributed by atoms with van der Waals surface area (Å²) in [4.78, 5) is 4.03. The van der Waals surface area contributed by atoms with Crippen molar-refractivity contribution in [1.29, 1.82) is 0 Å². The average Bonchev–Trinajstić information content (AvgIpc) is 3.07. The van der Waals surface area contributed by atoms with Gasteiger partial charge in [-0.3, -0.25) is 4.98 Å². The Balaban J connectivity index is 1.81. The molecule has 0 N–H and O–H groups in total. The normalized spacial score (nSPS) is 16.5. The minimum Gasteiger partial charge on any atom is -0.265 e. The molecule has 0 spiro atoms. The van der Waals surface area contributed by atoms with Crippen LogP contribution in [0.2, 0.25) is 0 Å². The fourth-order valence-corrected chi connectivity index (χ4v) is 4.84. The first-order valence-corrected chi connectivity index (χ1v) is 9.58. The molecule has 3 aromatic rings. The Bertz CT molecular complexity index is 958. The summed E-state index contributed by atoms with van der Waals surface area (Å²) in [6, 6.07) is 11.6. The van der Waals surface area contributed by atoms with Crippen molar-refractivity contribution in [2.24, 2.45) is 0 Å². The van der Waals surface area contributed by atoms with Gasteiger partial charge in [-0.15, -0.1) is 0 Å². The first-order chi connectivity index (χ1) is 11.7. The van der Waals surface area contributed by atoms with Crippen molar-refractivity contribution in [3.05, 3.63) is 55.0 Å². The van der Waals surface area contributed by atoms with E-state index in [-0.39, 0.29) is 0 Å². The van der Waals surface area contributed by atoms with Gasteiger partial charge in [0.15, 0.2) is 0 Å². The molecule has 2 aromatic heterocycles. The summed E-state index contributed by atoms with van der Waals surface area (Å²) >= 11 is 0. The molecule has 4 rings (SSSR count). The molecule has 1 saturated heterocycles. The molecular formula is C18H19N3O2S. The third-order valence-electron chi connectivity index (χ3n) is 4.56. The lowest BCUT2D eigenvalue weighted by Gasteiger charge is -2.26. The Morgan fingerprint density at radius 3 is 2.38 bits per heavy atom. The molecule has 24 heavy (non-hydrogen) atoms. The Kier molecular flexibility index (Phi) is 3.86. The van der Waals surface area contributed by atoms with Gasteiger partial charge in [-0.2, -0.15) is 12.7 Å². The van der Waals surface area contributed by atoms with Crippen molar-refractivity contribution >= 4 is 21.1 Å². The molecular weight excluding hydrogens is 322 g/mol. The second kappa shape index (κ2) is 6.03. The van der Waals surface area contributed by atoms with Crippen LogP contribution in [-0.4, -0.2) is 34.8 Å². The maximum absolute atomic E-state index is 13.0. The summed E-state index contributed by atoms with van der Waals surface area (Å²) in [5.74, 6) is 0. The summed E-state index contributed by atoms with van der Waals surface area (Å²) in [5, 5.41) is 0.924. The van der Waals surface area contributed by atoms with Gasteiger partial charge < -0.3 is 0 Å². The van der Waals surface area contributed by atoms with Crippen molar-refractivity contribution < 1.29 is 8.42 Å².